The highest BCUT2D eigenvalue weighted by atomic mass is 35.5. The van der Waals surface area contributed by atoms with Gasteiger partial charge in [-0.2, -0.15) is 5.26 Å². The minimum Gasteiger partial charge on any atom is -0.355 e. The largest absolute Gasteiger partial charge is 0.355 e. The predicted molar refractivity (Wildman–Crippen MR) is 110 cm³/mol. The molecule has 0 radical (unpaired) electrons. The molecule has 6 nitrogen and oxygen atoms in total. The normalized spacial score (nSPS) is 15.0. The molecule has 0 unspecified atom stereocenters. The van der Waals surface area contributed by atoms with Gasteiger partial charge in [0.1, 0.15) is 17.7 Å². The Morgan fingerprint density at radius 1 is 1.29 bits per heavy atom. The van der Waals surface area contributed by atoms with Gasteiger partial charge in [0.05, 0.1) is 21.5 Å². The third kappa shape index (κ3) is 3.46. The topological polar surface area (TPSA) is 74.8 Å². The van der Waals surface area contributed by atoms with Gasteiger partial charge in [0.2, 0.25) is 0 Å². The van der Waals surface area contributed by atoms with Crippen LogP contribution in [0.3, 0.4) is 0 Å². The molecular formula is C21H20ClN5O. The fourth-order valence-electron chi connectivity index (χ4n) is 3.80. The molecule has 0 amide bonds. The smallest absolute Gasteiger partial charge is 0.261 e. The van der Waals surface area contributed by atoms with Crippen LogP contribution in [0.25, 0.3) is 10.9 Å². The molecule has 1 aliphatic heterocycles. The predicted octanol–water partition coefficient (Wildman–Crippen LogP) is 3.54. The maximum Gasteiger partial charge on any atom is 0.261 e. The Morgan fingerprint density at radius 2 is 2.04 bits per heavy atom. The molecule has 28 heavy (non-hydrogen) atoms. The van der Waals surface area contributed by atoms with Crippen LogP contribution in [0.4, 0.5) is 5.82 Å². The lowest BCUT2D eigenvalue weighted by Crippen LogP contribution is -2.37. The van der Waals surface area contributed by atoms with Crippen molar-refractivity contribution in [2.24, 2.45) is 5.92 Å². The Morgan fingerprint density at radius 3 is 2.75 bits per heavy atom. The first-order valence-corrected chi connectivity index (χ1v) is 9.71. The lowest BCUT2D eigenvalue weighted by Gasteiger charge is -2.33. The zero-order chi connectivity index (χ0) is 19.7. The van der Waals surface area contributed by atoms with E-state index in [4.69, 9.17) is 16.9 Å². The fourth-order valence-corrected chi connectivity index (χ4v) is 4.09. The number of hydrogen-bond donors (Lipinski definition) is 0. The van der Waals surface area contributed by atoms with Crippen LogP contribution in [0.2, 0.25) is 5.02 Å². The number of rotatable bonds is 3. The summed E-state index contributed by atoms with van der Waals surface area (Å²) in [5, 5.41) is 10.1. The highest BCUT2D eigenvalue weighted by molar-refractivity contribution is 6.33. The van der Waals surface area contributed by atoms with E-state index >= 15 is 0 Å². The third-order valence-electron chi connectivity index (χ3n) is 5.36. The number of nitrogens with zero attached hydrogens (tertiary/aromatic N) is 5. The molecule has 0 aliphatic carbocycles. The van der Waals surface area contributed by atoms with E-state index in [1.807, 2.05) is 31.2 Å². The first-order valence-electron chi connectivity index (χ1n) is 9.33. The Balaban J connectivity index is 1.49. The van der Waals surface area contributed by atoms with Crippen LogP contribution in [0.5, 0.6) is 0 Å². The van der Waals surface area contributed by atoms with Crippen molar-refractivity contribution < 1.29 is 0 Å². The lowest BCUT2D eigenvalue weighted by atomic mass is 9.96. The number of halogens is 1. The molecule has 4 rings (SSSR count). The molecule has 1 fully saturated rings. The Bertz CT molecular complexity index is 1130. The quantitative estimate of drug-likeness (QED) is 0.680. The average molecular weight is 394 g/mol. The second-order valence-electron chi connectivity index (χ2n) is 7.16. The van der Waals surface area contributed by atoms with E-state index in [0.717, 1.165) is 43.1 Å². The molecule has 0 spiro atoms. The second-order valence-corrected chi connectivity index (χ2v) is 7.57. The summed E-state index contributed by atoms with van der Waals surface area (Å²) in [5.41, 5.74) is 1.24. The van der Waals surface area contributed by atoms with Gasteiger partial charge in [-0.15, -0.1) is 0 Å². The minimum atomic E-state index is 0.0299. The average Bonchev–Trinajstić information content (AvgIpc) is 2.71. The molecule has 2 aromatic heterocycles. The van der Waals surface area contributed by atoms with E-state index in [-0.39, 0.29) is 5.56 Å². The van der Waals surface area contributed by atoms with Crippen LogP contribution in [0.15, 0.2) is 41.3 Å². The number of para-hydroxylation sites is 1. The lowest BCUT2D eigenvalue weighted by molar-refractivity contribution is 0.348. The molecule has 1 aliphatic rings. The van der Waals surface area contributed by atoms with Crippen molar-refractivity contribution in [3.05, 3.63) is 63.3 Å². The van der Waals surface area contributed by atoms with Crippen molar-refractivity contribution in [2.45, 2.75) is 26.3 Å². The van der Waals surface area contributed by atoms with Gasteiger partial charge in [-0.25, -0.2) is 9.97 Å². The van der Waals surface area contributed by atoms with E-state index in [1.165, 1.54) is 0 Å². The highest BCUT2D eigenvalue weighted by Gasteiger charge is 2.23. The van der Waals surface area contributed by atoms with E-state index in [0.29, 0.717) is 28.4 Å². The van der Waals surface area contributed by atoms with Gasteiger partial charge in [0, 0.05) is 25.8 Å². The number of anilines is 1. The number of aryl methyl sites for hydroxylation is 1. The summed E-state index contributed by atoms with van der Waals surface area (Å²) >= 11 is 6.30. The number of aromatic nitrogens is 3. The van der Waals surface area contributed by atoms with Crippen LogP contribution >= 0.6 is 11.6 Å². The molecule has 3 aromatic rings. The third-order valence-corrected chi connectivity index (χ3v) is 5.64. The van der Waals surface area contributed by atoms with Crippen molar-refractivity contribution >= 4 is 28.3 Å². The van der Waals surface area contributed by atoms with Crippen molar-refractivity contribution in [3.63, 3.8) is 0 Å². The number of pyridine rings is 1. The molecule has 0 atom stereocenters. The maximum atomic E-state index is 12.9. The van der Waals surface area contributed by atoms with E-state index in [9.17, 15) is 4.79 Å². The molecule has 0 bridgehead atoms. The zero-order valence-electron chi connectivity index (χ0n) is 15.6. The number of benzene rings is 1. The van der Waals surface area contributed by atoms with Gasteiger partial charge < -0.3 is 4.90 Å². The second kappa shape index (κ2) is 7.61. The van der Waals surface area contributed by atoms with Gasteiger partial charge in [-0.3, -0.25) is 9.36 Å². The summed E-state index contributed by atoms with van der Waals surface area (Å²) in [6, 6.07) is 11.2. The monoisotopic (exact) mass is 393 g/mol. The van der Waals surface area contributed by atoms with Crippen LogP contribution in [-0.2, 0) is 6.54 Å². The van der Waals surface area contributed by atoms with Crippen LogP contribution in [-0.4, -0.2) is 27.6 Å². The minimum absolute atomic E-state index is 0.0299. The van der Waals surface area contributed by atoms with Gasteiger partial charge in [0.25, 0.3) is 5.56 Å². The SMILES string of the molecule is Cc1nc2ccccc2c(=O)n1CC1CCN(c2ncc(C#N)cc2Cl)CC1. The first-order chi connectivity index (χ1) is 13.6. The van der Waals surface area contributed by atoms with Crippen molar-refractivity contribution in [1.29, 1.82) is 5.26 Å². The van der Waals surface area contributed by atoms with Crippen molar-refractivity contribution in [2.75, 3.05) is 18.0 Å². The summed E-state index contributed by atoms with van der Waals surface area (Å²) in [4.78, 5) is 24.0. The summed E-state index contributed by atoms with van der Waals surface area (Å²) < 4.78 is 1.80. The first kappa shape index (κ1) is 18.5. The van der Waals surface area contributed by atoms with Crippen LogP contribution in [0.1, 0.15) is 24.2 Å². The number of piperidine rings is 1. The van der Waals surface area contributed by atoms with Crippen LogP contribution < -0.4 is 10.5 Å². The molecule has 0 saturated carbocycles. The molecule has 3 heterocycles. The summed E-state index contributed by atoms with van der Waals surface area (Å²) in [6.07, 6.45) is 3.43. The molecule has 1 aromatic carbocycles. The molecule has 142 valence electrons. The van der Waals surface area contributed by atoms with Gasteiger partial charge in [-0.1, -0.05) is 23.7 Å². The summed E-state index contributed by atoms with van der Waals surface area (Å²) in [7, 11) is 0. The number of nitriles is 1. The molecular weight excluding hydrogens is 374 g/mol. The highest BCUT2D eigenvalue weighted by Crippen LogP contribution is 2.29. The van der Waals surface area contributed by atoms with E-state index in [2.05, 4.69) is 20.9 Å². The zero-order valence-corrected chi connectivity index (χ0v) is 16.4. The number of hydrogen-bond acceptors (Lipinski definition) is 5. The molecule has 7 heteroatoms. The van der Waals surface area contributed by atoms with Crippen molar-refractivity contribution in [3.8, 4) is 6.07 Å². The van der Waals surface area contributed by atoms with Gasteiger partial charge in [0.15, 0.2) is 0 Å². The summed E-state index contributed by atoms with van der Waals surface area (Å²) in [6.45, 7) is 4.20. The van der Waals surface area contributed by atoms with Gasteiger partial charge in [-0.05, 0) is 43.9 Å². The maximum absolute atomic E-state index is 12.9. The Hall–Kier alpha value is -2.91. The van der Waals surface area contributed by atoms with E-state index < -0.39 is 0 Å². The van der Waals surface area contributed by atoms with E-state index in [1.54, 1.807) is 16.8 Å². The molecule has 0 N–H and O–H groups in total. The van der Waals surface area contributed by atoms with Crippen molar-refractivity contribution in [1.82, 2.24) is 14.5 Å². The van der Waals surface area contributed by atoms with Gasteiger partial charge >= 0.3 is 0 Å². The Labute approximate surface area is 168 Å². The molecule has 1 saturated heterocycles. The standard InChI is InChI=1S/C21H20ClN5O/c1-14-25-19-5-3-2-4-17(19)21(28)27(14)13-15-6-8-26(9-7-15)20-18(22)10-16(11-23)12-24-20/h2-5,10,12,15H,6-9,13H2,1H3. The number of fused-ring (bicyclic) bond motifs is 1. The van der Waals surface area contributed by atoms with Crippen LogP contribution in [0, 0.1) is 24.2 Å². The summed E-state index contributed by atoms with van der Waals surface area (Å²) in [5.74, 6) is 1.87. The fraction of sp³-hybridized carbons (Fsp3) is 0.333. The Kier molecular flexibility index (Phi) is 5.01.